The zero-order valence-corrected chi connectivity index (χ0v) is 17.4. The first-order valence-electron chi connectivity index (χ1n) is 9.40. The molecule has 3 rings (SSSR count). The van der Waals surface area contributed by atoms with Crippen LogP contribution in [0.3, 0.4) is 0 Å². The Kier molecular flexibility index (Phi) is 6.87. The first kappa shape index (κ1) is 22.0. The number of halogens is 3. The highest BCUT2D eigenvalue weighted by Gasteiger charge is 2.31. The van der Waals surface area contributed by atoms with Crippen LogP contribution in [0.4, 0.5) is 13.2 Å². The van der Waals surface area contributed by atoms with E-state index in [1.807, 2.05) is 31.2 Å². The molecule has 4 nitrogen and oxygen atoms in total. The van der Waals surface area contributed by atoms with Gasteiger partial charge in [0, 0.05) is 6.54 Å². The Bertz CT molecular complexity index is 985. The molecule has 8 heteroatoms. The maximum Gasteiger partial charge on any atom is 0.406 e. The number of imidazole rings is 1. The highest BCUT2D eigenvalue weighted by Crippen LogP contribution is 2.31. The van der Waals surface area contributed by atoms with E-state index in [9.17, 15) is 18.0 Å². The average molecular weight is 433 g/mol. The van der Waals surface area contributed by atoms with Crippen LogP contribution in [0.15, 0.2) is 66.0 Å². The molecule has 1 amide bonds. The maximum absolute atomic E-state index is 13.2. The third-order valence-corrected chi connectivity index (χ3v) is 5.57. The number of rotatable bonds is 7. The molecule has 0 bridgehead atoms. The number of carbonyl (C=O) groups is 1. The SMILES string of the molecule is Cc1ccc(CNC(=O)C(C)Sc2ncc(-c3ccccc3)n2CC(F)(F)F)cc1. The smallest absolute Gasteiger partial charge is 0.351 e. The van der Waals surface area contributed by atoms with Crippen molar-refractivity contribution in [3.63, 3.8) is 0 Å². The van der Waals surface area contributed by atoms with Crippen LogP contribution in [-0.4, -0.2) is 26.9 Å². The number of nitrogens with one attached hydrogen (secondary N) is 1. The largest absolute Gasteiger partial charge is 0.406 e. The minimum atomic E-state index is -4.41. The molecule has 0 radical (unpaired) electrons. The summed E-state index contributed by atoms with van der Waals surface area (Å²) in [5.74, 6) is -0.261. The second-order valence-electron chi connectivity index (χ2n) is 6.96. The Balaban J connectivity index is 1.73. The molecule has 158 valence electrons. The van der Waals surface area contributed by atoms with Crippen LogP contribution in [0.25, 0.3) is 11.3 Å². The van der Waals surface area contributed by atoms with Gasteiger partial charge in [-0.05, 0) is 25.0 Å². The zero-order valence-electron chi connectivity index (χ0n) is 16.6. The molecule has 1 heterocycles. The molecule has 0 fully saturated rings. The Labute approximate surface area is 177 Å². The number of amides is 1. The molecule has 3 aromatic rings. The van der Waals surface area contributed by atoms with E-state index in [0.29, 0.717) is 17.8 Å². The monoisotopic (exact) mass is 433 g/mol. The van der Waals surface area contributed by atoms with Crippen LogP contribution in [-0.2, 0) is 17.9 Å². The highest BCUT2D eigenvalue weighted by molar-refractivity contribution is 8.00. The molecular weight excluding hydrogens is 411 g/mol. The molecule has 0 spiro atoms. The minimum Gasteiger partial charge on any atom is -0.351 e. The van der Waals surface area contributed by atoms with Crippen molar-refractivity contribution in [2.45, 2.75) is 43.5 Å². The van der Waals surface area contributed by atoms with Gasteiger partial charge in [-0.25, -0.2) is 4.98 Å². The lowest BCUT2D eigenvalue weighted by Crippen LogP contribution is -2.30. The van der Waals surface area contributed by atoms with Gasteiger partial charge >= 0.3 is 6.18 Å². The number of benzene rings is 2. The summed E-state index contributed by atoms with van der Waals surface area (Å²) < 4.78 is 40.7. The quantitative estimate of drug-likeness (QED) is 0.520. The summed E-state index contributed by atoms with van der Waals surface area (Å²) in [7, 11) is 0. The standard InChI is InChI=1S/C22H22F3N3OS/c1-15-8-10-17(11-9-15)12-26-20(29)16(2)30-21-27-13-19(18-6-4-3-5-7-18)28(21)14-22(23,24)25/h3-11,13,16H,12,14H2,1-2H3,(H,26,29). The number of aromatic nitrogens is 2. The lowest BCUT2D eigenvalue weighted by Gasteiger charge is -2.16. The molecule has 0 aliphatic rings. The molecule has 0 aliphatic carbocycles. The van der Waals surface area contributed by atoms with E-state index in [1.165, 1.54) is 6.20 Å². The van der Waals surface area contributed by atoms with E-state index >= 15 is 0 Å². The summed E-state index contributed by atoms with van der Waals surface area (Å²) in [5, 5.41) is 2.38. The third kappa shape index (κ3) is 5.89. The average Bonchev–Trinajstić information content (AvgIpc) is 3.08. The number of carbonyl (C=O) groups excluding carboxylic acids is 1. The van der Waals surface area contributed by atoms with Crippen LogP contribution in [0.1, 0.15) is 18.1 Å². The van der Waals surface area contributed by atoms with Crippen LogP contribution in [0.2, 0.25) is 0 Å². The van der Waals surface area contributed by atoms with Gasteiger partial charge in [0.2, 0.25) is 5.91 Å². The lowest BCUT2D eigenvalue weighted by atomic mass is 10.1. The second-order valence-corrected chi connectivity index (χ2v) is 8.26. The first-order valence-corrected chi connectivity index (χ1v) is 10.3. The van der Waals surface area contributed by atoms with Gasteiger partial charge in [0.05, 0.1) is 17.1 Å². The minimum absolute atomic E-state index is 0.157. The predicted molar refractivity (Wildman–Crippen MR) is 112 cm³/mol. The van der Waals surface area contributed by atoms with Gasteiger partial charge in [-0.3, -0.25) is 4.79 Å². The summed E-state index contributed by atoms with van der Waals surface area (Å²) in [6.07, 6.45) is -2.99. The number of hydrogen-bond acceptors (Lipinski definition) is 3. The molecule has 1 unspecified atom stereocenters. The van der Waals surface area contributed by atoms with Crippen LogP contribution in [0.5, 0.6) is 0 Å². The fraction of sp³-hybridized carbons (Fsp3) is 0.273. The molecule has 2 aromatic carbocycles. The zero-order chi connectivity index (χ0) is 21.7. The molecule has 0 saturated carbocycles. The van der Waals surface area contributed by atoms with E-state index < -0.39 is 18.0 Å². The molecule has 1 aromatic heterocycles. The fourth-order valence-corrected chi connectivity index (χ4v) is 3.78. The van der Waals surface area contributed by atoms with Crippen molar-refractivity contribution in [1.82, 2.24) is 14.9 Å². The molecular formula is C22H22F3N3OS. The number of hydrogen-bond donors (Lipinski definition) is 1. The van der Waals surface area contributed by atoms with Crippen molar-refractivity contribution >= 4 is 17.7 Å². The number of nitrogens with zero attached hydrogens (tertiary/aromatic N) is 2. The predicted octanol–water partition coefficient (Wildman–Crippen LogP) is 5.22. The van der Waals surface area contributed by atoms with E-state index in [0.717, 1.165) is 27.5 Å². The second kappa shape index (κ2) is 9.38. The van der Waals surface area contributed by atoms with Crippen LogP contribution < -0.4 is 5.32 Å². The number of alkyl halides is 3. The van der Waals surface area contributed by atoms with Gasteiger partial charge in [-0.2, -0.15) is 13.2 Å². The Morgan fingerprint density at radius 2 is 1.80 bits per heavy atom. The third-order valence-electron chi connectivity index (χ3n) is 4.46. The summed E-state index contributed by atoms with van der Waals surface area (Å²) >= 11 is 1.01. The summed E-state index contributed by atoms with van der Waals surface area (Å²) in [4.78, 5) is 16.6. The van der Waals surface area contributed by atoms with Gasteiger partial charge in [0.25, 0.3) is 0 Å². The molecule has 1 atom stereocenters. The Hall–Kier alpha value is -2.74. The molecule has 1 N–H and O–H groups in total. The topological polar surface area (TPSA) is 46.9 Å². The normalized spacial score (nSPS) is 12.6. The van der Waals surface area contributed by atoms with Gasteiger partial charge in [0.15, 0.2) is 5.16 Å². The van der Waals surface area contributed by atoms with Crippen molar-refractivity contribution in [3.05, 3.63) is 71.9 Å². The van der Waals surface area contributed by atoms with Crippen LogP contribution in [0, 0.1) is 6.92 Å². The van der Waals surface area contributed by atoms with Gasteiger partial charge in [-0.15, -0.1) is 0 Å². The summed E-state index contributed by atoms with van der Waals surface area (Å²) in [6, 6.07) is 16.5. The molecule has 30 heavy (non-hydrogen) atoms. The van der Waals surface area contributed by atoms with Crippen molar-refractivity contribution in [1.29, 1.82) is 0 Å². The lowest BCUT2D eigenvalue weighted by molar-refractivity contribution is -0.141. The highest BCUT2D eigenvalue weighted by atomic mass is 32.2. The maximum atomic E-state index is 13.2. The van der Waals surface area contributed by atoms with Crippen LogP contribution >= 0.6 is 11.8 Å². The Morgan fingerprint density at radius 3 is 2.43 bits per heavy atom. The summed E-state index contributed by atoms with van der Waals surface area (Å²) in [5.41, 5.74) is 3.08. The van der Waals surface area contributed by atoms with Gasteiger partial charge < -0.3 is 9.88 Å². The number of aryl methyl sites for hydroxylation is 1. The number of thioether (sulfide) groups is 1. The molecule has 0 saturated heterocycles. The van der Waals surface area contributed by atoms with E-state index in [-0.39, 0.29) is 11.1 Å². The van der Waals surface area contributed by atoms with Gasteiger partial charge in [0.1, 0.15) is 6.54 Å². The fourth-order valence-electron chi connectivity index (χ4n) is 2.87. The Morgan fingerprint density at radius 1 is 1.13 bits per heavy atom. The van der Waals surface area contributed by atoms with Crippen molar-refractivity contribution in [3.8, 4) is 11.3 Å². The van der Waals surface area contributed by atoms with Crippen molar-refractivity contribution in [2.24, 2.45) is 0 Å². The molecule has 0 aliphatic heterocycles. The van der Waals surface area contributed by atoms with E-state index in [1.54, 1.807) is 37.3 Å². The summed E-state index contributed by atoms with van der Waals surface area (Å²) in [6.45, 7) is 2.82. The van der Waals surface area contributed by atoms with E-state index in [2.05, 4.69) is 10.3 Å². The van der Waals surface area contributed by atoms with E-state index in [4.69, 9.17) is 0 Å². The van der Waals surface area contributed by atoms with Crippen molar-refractivity contribution < 1.29 is 18.0 Å². The van der Waals surface area contributed by atoms with Crippen molar-refractivity contribution in [2.75, 3.05) is 0 Å². The van der Waals surface area contributed by atoms with Gasteiger partial charge in [-0.1, -0.05) is 71.9 Å². The first-order chi connectivity index (χ1) is 14.2.